The van der Waals surface area contributed by atoms with Crippen LogP contribution >= 0.6 is 0 Å². The van der Waals surface area contributed by atoms with Gasteiger partial charge < -0.3 is 15.0 Å². The second kappa shape index (κ2) is 8.96. The number of carbonyl (C=O) groups excluding carboxylic acids is 1. The normalized spacial score (nSPS) is 12.6. The topological polar surface area (TPSA) is 95.7 Å². The fourth-order valence-electron chi connectivity index (χ4n) is 3.75. The van der Waals surface area contributed by atoms with Crippen LogP contribution in [0.2, 0.25) is 25.7 Å². The average molecular weight is 482 g/mol. The van der Waals surface area contributed by atoms with Crippen molar-refractivity contribution in [1.82, 2.24) is 25.5 Å². The molecule has 1 aliphatic carbocycles. The Bertz CT molecular complexity index is 1300. The van der Waals surface area contributed by atoms with E-state index in [0.717, 1.165) is 17.0 Å². The molecule has 0 fully saturated rings. The van der Waals surface area contributed by atoms with Crippen molar-refractivity contribution < 1.29 is 13.9 Å². The van der Waals surface area contributed by atoms with Gasteiger partial charge in [0.2, 0.25) is 0 Å². The molecule has 0 radical (unpaired) electrons. The number of ether oxygens (including phenoxy) is 1. The van der Waals surface area contributed by atoms with E-state index in [-0.39, 0.29) is 17.3 Å². The molecule has 1 aromatic heterocycles. The maximum absolute atomic E-state index is 13.6. The summed E-state index contributed by atoms with van der Waals surface area (Å²) in [5, 5.41) is 11.0. The molecule has 1 amide bonds. The molecule has 0 saturated heterocycles. The van der Waals surface area contributed by atoms with Crippen molar-refractivity contribution in [1.29, 1.82) is 0 Å². The monoisotopic (exact) mass is 481 g/mol. The third-order valence-corrected chi connectivity index (χ3v) is 7.18. The molecule has 0 saturated carbocycles. The molecule has 4 rings (SSSR count). The molecule has 9 heteroatoms. The van der Waals surface area contributed by atoms with Crippen LogP contribution in [0.5, 0.6) is 0 Å². The zero-order valence-electron chi connectivity index (χ0n) is 20.6. The van der Waals surface area contributed by atoms with Crippen molar-refractivity contribution in [2.75, 3.05) is 6.61 Å². The van der Waals surface area contributed by atoms with Crippen LogP contribution in [0.4, 0.5) is 4.39 Å². The number of nitrogens with one attached hydrogen (secondary N) is 3. The molecule has 0 atom stereocenters. The molecular weight excluding hydrogens is 449 g/mol. The van der Waals surface area contributed by atoms with E-state index in [1.807, 2.05) is 26.8 Å². The molecule has 2 aromatic rings. The van der Waals surface area contributed by atoms with Crippen LogP contribution < -0.4 is 5.32 Å². The number of benzene rings is 1. The van der Waals surface area contributed by atoms with Crippen molar-refractivity contribution in [2.45, 2.75) is 58.6 Å². The lowest BCUT2D eigenvalue weighted by Crippen LogP contribution is -2.40. The number of hydrogen-bond donors (Lipinski definition) is 3. The molecule has 1 aromatic carbocycles. The summed E-state index contributed by atoms with van der Waals surface area (Å²) in [6, 6.07) is 7.40. The number of nitrogens with zero attached hydrogens (tertiary/aromatic N) is 2. The van der Waals surface area contributed by atoms with Gasteiger partial charge in [0.05, 0.1) is 41.0 Å². The Kier molecular flexibility index (Phi) is 6.35. The quantitative estimate of drug-likeness (QED) is 0.237. The van der Waals surface area contributed by atoms with E-state index in [9.17, 15) is 9.18 Å². The Morgan fingerprint density at radius 2 is 1.94 bits per heavy atom. The fourth-order valence-corrected chi connectivity index (χ4v) is 4.50. The van der Waals surface area contributed by atoms with Crippen molar-refractivity contribution >= 4 is 24.9 Å². The van der Waals surface area contributed by atoms with Gasteiger partial charge in [0, 0.05) is 31.2 Å². The highest BCUT2D eigenvalue weighted by Crippen LogP contribution is 2.33. The van der Waals surface area contributed by atoms with Gasteiger partial charge in [-0.25, -0.2) is 4.39 Å². The number of amides is 1. The van der Waals surface area contributed by atoms with Gasteiger partial charge in [-0.2, -0.15) is 5.10 Å². The number of carbonyl (C=O) groups is 1. The van der Waals surface area contributed by atoms with Crippen molar-refractivity contribution in [3.05, 3.63) is 47.4 Å². The minimum Gasteiger partial charge on any atom is -0.377 e. The molecule has 1 aliphatic heterocycles. The van der Waals surface area contributed by atoms with Crippen molar-refractivity contribution in [2.24, 2.45) is 0 Å². The molecule has 0 spiro atoms. The summed E-state index contributed by atoms with van der Waals surface area (Å²) in [6.45, 7) is 13.8. The Balaban J connectivity index is 1.72. The van der Waals surface area contributed by atoms with E-state index in [0.29, 0.717) is 47.1 Å². The minimum atomic E-state index is -1.20. The molecule has 7 nitrogen and oxygen atoms in total. The SMILES string of the molecule is CC(C)(C)NC(=O)c1cc(COCC[Si](C)(C)C)c2ncc(-c3n[nH]c4cc(F)ccc34)[nH]c1-2. The molecule has 2 heterocycles. The minimum absolute atomic E-state index is 0.185. The van der Waals surface area contributed by atoms with Gasteiger partial charge in [-0.15, -0.1) is 0 Å². The third-order valence-electron chi connectivity index (χ3n) is 5.48. The second-order valence-electron chi connectivity index (χ2n) is 10.9. The second-order valence-corrected chi connectivity index (χ2v) is 16.6. The molecule has 2 aliphatic rings. The van der Waals surface area contributed by atoms with E-state index >= 15 is 0 Å². The summed E-state index contributed by atoms with van der Waals surface area (Å²) in [7, 11) is -1.20. The lowest BCUT2D eigenvalue weighted by Gasteiger charge is -2.20. The zero-order valence-corrected chi connectivity index (χ0v) is 21.6. The lowest BCUT2D eigenvalue weighted by molar-refractivity contribution is 0.0920. The summed E-state index contributed by atoms with van der Waals surface area (Å²) < 4.78 is 19.6. The number of halogens is 1. The Morgan fingerprint density at radius 1 is 1.18 bits per heavy atom. The van der Waals surface area contributed by atoms with Gasteiger partial charge in [0.1, 0.15) is 11.5 Å². The van der Waals surface area contributed by atoms with Crippen molar-refractivity contribution in [3.8, 4) is 22.8 Å². The maximum Gasteiger partial charge on any atom is 0.253 e. The molecule has 0 unspecified atom stereocenters. The average Bonchev–Trinajstić information content (AvgIpc) is 3.30. The Morgan fingerprint density at radius 3 is 2.65 bits per heavy atom. The maximum atomic E-state index is 13.6. The van der Waals surface area contributed by atoms with E-state index in [1.165, 1.54) is 12.1 Å². The van der Waals surface area contributed by atoms with Gasteiger partial charge in [0.15, 0.2) is 0 Å². The van der Waals surface area contributed by atoms with E-state index in [1.54, 1.807) is 12.3 Å². The van der Waals surface area contributed by atoms with Gasteiger partial charge in [0.25, 0.3) is 5.91 Å². The number of hydrogen-bond acceptors (Lipinski definition) is 4. The van der Waals surface area contributed by atoms with Crippen LogP contribution in [-0.4, -0.2) is 46.3 Å². The van der Waals surface area contributed by atoms with Crippen molar-refractivity contribution in [3.63, 3.8) is 0 Å². The first kappa shape index (κ1) is 24.1. The third kappa shape index (κ3) is 5.36. The largest absolute Gasteiger partial charge is 0.377 e. The highest BCUT2D eigenvalue weighted by Gasteiger charge is 2.26. The number of rotatable bonds is 7. The zero-order chi connectivity index (χ0) is 24.7. The molecule has 3 N–H and O–H groups in total. The van der Waals surface area contributed by atoms with Gasteiger partial charge in [-0.05, 0) is 51.1 Å². The number of aromatic nitrogens is 4. The van der Waals surface area contributed by atoms with Gasteiger partial charge >= 0.3 is 0 Å². The molecule has 180 valence electrons. The first-order chi connectivity index (χ1) is 15.9. The number of aromatic amines is 2. The predicted molar refractivity (Wildman–Crippen MR) is 135 cm³/mol. The molecule has 34 heavy (non-hydrogen) atoms. The number of H-pyrrole nitrogens is 2. The summed E-state index contributed by atoms with van der Waals surface area (Å²) in [4.78, 5) is 21.2. The molecular formula is C25H32FN5O2Si. The summed E-state index contributed by atoms with van der Waals surface area (Å²) in [5.74, 6) is -0.522. The van der Waals surface area contributed by atoms with Crippen LogP contribution in [0.15, 0.2) is 30.5 Å². The van der Waals surface area contributed by atoms with Crippen LogP contribution in [0.1, 0.15) is 36.7 Å². The van der Waals surface area contributed by atoms with Gasteiger partial charge in [-0.3, -0.25) is 14.9 Å². The number of fused-ring (bicyclic) bond motifs is 2. The smallest absolute Gasteiger partial charge is 0.253 e. The van der Waals surface area contributed by atoms with E-state index in [2.05, 4.69) is 45.1 Å². The fraction of sp³-hybridized carbons (Fsp3) is 0.400. The first-order valence-electron chi connectivity index (χ1n) is 11.5. The standard InChI is InChI=1S/C25H32FN5O2Si/c1-25(2,3)29-24(32)18-11-15(14-33-9-10-34(4,5)6)21-23(18)28-20(13-27-21)22-17-8-7-16(26)12-19(17)30-31-22/h7-8,11-13,28H,9-10,14H2,1-6H3,(H,29,32)(H,30,31). The lowest BCUT2D eigenvalue weighted by atomic mass is 10.1. The van der Waals surface area contributed by atoms with Crippen LogP contribution in [0.3, 0.4) is 0 Å². The van der Waals surface area contributed by atoms with E-state index in [4.69, 9.17) is 4.74 Å². The molecule has 0 bridgehead atoms. The summed E-state index contributed by atoms with van der Waals surface area (Å²) >= 11 is 0. The van der Waals surface area contributed by atoms with Crippen LogP contribution in [0.25, 0.3) is 33.7 Å². The summed E-state index contributed by atoms with van der Waals surface area (Å²) in [6.07, 6.45) is 1.69. The summed E-state index contributed by atoms with van der Waals surface area (Å²) in [5.41, 5.74) is 4.14. The Hall–Kier alpha value is -3.04. The van der Waals surface area contributed by atoms with E-state index < -0.39 is 8.07 Å². The highest BCUT2D eigenvalue weighted by atomic mass is 28.3. The van der Waals surface area contributed by atoms with Crippen LogP contribution in [-0.2, 0) is 11.3 Å². The van der Waals surface area contributed by atoms with Gasteiger partial charge in [-0.1, -0.05) is 19.6 Å². The van der Waals surface area contributed by atoms with Crippen LogP contribution in [0, 0.1) is 5.82 Å². The highest BCUT2D eigenvalue weighted by molar-refractivity contribution is 6.76. The Labute approximate surface area is 199 Å². The first-order valence-corrected chi connectivity index (χ1v) is 15.2. The predicted octanol–water partition coefficient (Wildman–Crippen LogP) is 5.58.